The smallest absolute Gasteiger partial charge is 0.0543 e. The Balaban J connectivity index is 1.46. The zero-order valence-electron chi connectivity index (χ0n) is 21.1. The molecule has 0 aromatic heterocycles. The Morgan fingerprint density at radius 2 is 1.27 bits per heavy atom. The summed E-state index contributed by atoms with van der Waals surface area (Å²) in [7, 11) is 0. The van der Waals surface area contributed by atoms with Crippen LogP contribution in [-0.4, -0.2) is 0 Å². The molecule has 5 aromatic carbocycles. The Morgan fingerprint density at radius 3 is 2.22 bits per heavy atom. The summed E-state index contributed by atoms with van der Waals surface area (Å²) in [4.78, 5) is 2.52. The van der Waals surface area contributed by atoms with Gasteiger partial charge in [0.15, 0.2) is 0 Å². The Hall–Kier alpha value is -3.84. The molecule has 0 aliphatic heterocycles. The highest BCUT2D eigenvalue weighted by Crippen LogP contribution is 2.60. The first-order valence-corrected chi connectivity index (χ1v) is 13.9. The number of benzene rings is 5. The lowest BCUT2D eigenvalue weighted by atomic mass is 9.71. The predicted octanol–water partition coefficient (Wildman–Crippen LogP) is 9.98. The monoisotopic (exact) mass is 477 g/mol. The number of fused-ring (bicyclic) bond motifs is 8. The molecule has 0 N–H and O–H groups in total. The van der Waals surface area contributed by atoms with E-state index in [1.54, 1.807) is 11.1 Å². The van der Waals surface area contributed by atoms with Crippen LogP contribution in [0.3, 0.4) is 0 Å². The van der Waals surface area contributed by atoms with Crippen LogP contribution in [0.5, 0.6) is 0 Å². The molecule has 4 atom stereocenters. The van der Waals surface area contributed by atoms with Crippen molar-refractivity contribution >= 4 is 27.8 Å². The van der Waals surface area contributed by atoms with Crippen LogP contribution in [0.1, 0.15) is 48.6 Å². The van der Waals surface area contributed by atoms with Gasteiger partial charge in [0.2, 0.25) is 0 Å². The van der Waals surface area contributed by atoms with Crippen molar-refractivity contribution < 1.29 is 0 Å². The molecular weight excluding hydrogens is 446 g/mol. The number of nitrogens with zero attached hydrogens (tertiary/aromatic N) is 1. The summed E-state index contributed by atoms with van der Waals surface area (Å²) in [5.41, 5.74) is 9.79. The number of rotatable bonds is 3. The van der Waals surface area contributed by atoms with Crippen LogP contribution in [-0.2, 0) is 0 Å². The minimum absolute atomic E-state index is 0.670. The van der Waals surface area contributed by atoms with Gasteiger partial charge in [-0.05, 0) is 95.7 Å². The highest BCUT2D eigenvalue weighted by atomic mass is 15.1. The summed E-state index contributed by atoms with van der Waals surface area (Å²) in [6.45, 7) is 0. The summed E-state index contributed by atoms with van der Waals surface area (Å²) < 4.78 is 0. The van der Waals surface area contributed by atoms with Gasteiger partial charge < -0.3 is 4.90 Å². The van der Waals surface area contributed by atoms with E-state index in [1.165, 1.54) is 64.6 Å². The first kappa shape index (κ1) is 21.3. The molecule has 2 fully saturated rings. The third kappa shape index (κ3) is 3.30. The number of hydrogen-bond acceptors (Lipinski definition) is 1. The molecule has 8 rings (SSSR count). The third-order valence-electron chi connectivity index (χ3n) is 9.40. The Morgan fingerprint density at radius 1 is 0.541 bits per heavy atom. The highest BCUT2D eigenvalue weighted by Gasteiger charge is 2.45. The van der Waals surface area contributed by atoms with Crippen molar-refractivity contribution in [1.82, 2.24) is 0 Å². The van der Waals surface area contributed by atoms with Crippen molar-refractivity contribution in [3.05, 3.63) is 126 Å². The molecule has 3 aliphatic carbocycles. The molecule has 1 heteroatoms. The molecule has 180 valence electrons. The highest BCUT2D eigenvalue weighted by molar-refractivity contribution is 6.01. The van der Waals surface area contributed by atoms with Gasteiger partial charge in [0, 0.05) is 16.6 Å². The summed E-state index contributed by atoms with van der Waals surface area (Å²) in [6.07, 6.45) is 5.48. The van der Waals surface area contributed by atoms with Gasteiger partial charge in [0.25, 0.3) is 0 Å². The molecule has 3 bridgehead atoms. The molecule has 0 spiro atoms. The zero-order chi connectivity index (χ0) is 24.3. The first-order valence-electron chi connectivity index (χ1n) is 13.9. The molecule has 5 aromatic rings. The lowest BCUT2D eigenvalue weighted by Gasteiger charge is -2.36. The van der Waals surface area contributed by atoms with Crippen molar-refractivity contribution in [2.24, 2.45) is 11.8 Å². The average molecular weight is 478 g/mol. The second-order valence-corrected chi connectivity index (χ2v) is 11.4. The van der Waals surface area contributed by atoms with Crippen molar-refractivity contribution in [3.63, 3.8) is 0 Å². The largest absolute Gasteiger partial charge is 0.309 e. The minimum Gasteiger partial charge on any atom is -0.309 e. The Labute approximate surface area is 219 Å². The van der Waals surface area contributed by atoms with Crippen molar-refractivity contribution in [2.75, 3.05) is 4.90 Å². The fourth-order valence-corrected chi connectivity index (χ4v) is 8.01. The number of para-hydroxylation sites is 1. The van der Waals surface area contributed by atoms with Crippen LogP contribution in [0, 0.1) is 11.8 Å². The molecule has 0 saturated heterocycles. The molecule has 3 aliphatic rings. The molecular formula is C36H31N. The van der Waals surface area contributed by atoms with Crippen LogP contribution < -0.4 is 4.90 Å². The molecule has 0 radical (unpaired) electrons. The predicted molar refractivity (Wildman–Crippen MR) is 155 cm³/mol. The molecule has 1 nitrogen and oxygen atoms in total. The minimum atomic E-state index is 0.670. The van der Waals surface area contributed by atoms with E-state index in [0.29, 0.717) is 11.8 Å². The van der Waals surface area contributed by atoms with Crippen LogP contribution in [0.15, 0.2) is 115 Å². The summed E-state index contributed by atoms with van der Waals surface area (Å²) in [5.74, 6) is 3.05. The Kier molecular flexibility index (Phi) is 4.80. The second-order valence-electron chi connectivity index (χ2n) is 11.4. The quantitative estimate of drug-likeness (QED) is 0.250. The lowest BCUT2D eigenvalue weighted by molar-refractivity contribution is 0.311. The van der Waals surface area contributed by atoms with Crippen LogP contribution >= 0.6 is 0 Å². The maximum atomic E-state index is 2.52. The number of anilines is 3. The molecule has 0 amide bonds. The Bertz CT molecular complexity index is 1610. The normalized spacial score (nSPS) is 23.2. The van der Waals surface area contributed by atoms with Gasteiger partial charge in [-0.25, -0.2) is 0 Å². The topological polar surface area (TPSA) is 3.24 Å². The molecule has 4 unspecified atom stereocenters. The van der Waals surface area contributed by atoms with E-state index in [9.17, 15) is 0 Å². The van der Waals surface area contributed by atoms with Crippen molar-refractivity contribution in [3.8, 4) is 11.1 Å². The van der Waals surface area contributed by atoms with E-state index in [-0.39, 0.29) is 0 Å². The third-order valence-corrected chi connectivity index (χ3v) is 9.40. The van der Waals surface area contributed by atoms with Crippen molar-refractivity contribution in [2.45, 2.75) is 37.5 Å². The van der Waals surface area contributed by atoms with Gasteiger partial charge in [-0.15, -0.1) is 0 Å². The van der Waals surface area contributed by atoms with Gasteiger partial charge in [0.05, 0.1) is 11.4 Å². The summed E-state index contributed by atoms with van der Waals surface area (Å²) in [6, 6.07) is 42.9. The molecule has 0 heterocycles. The van der Waals surface area contributed by atoms with Gasteiger partial charge in [0.1, 0.15) is 0 Å². The fourth-order valence-electron chi connectivity index (χ4n) is 8.01. The molecule has 37 heavy (non-hydrogen) atoms. The van der Waals surface area contributed by atoms with Crippen LogP contribution in [0.2, 0.25) is 0 Å². The zero-order valence-corrected chi connectivity index (χ0v) is 21.1. The van der Waals surface area contributed by atoms with Crippen LogP contribution in [0.4, 0.5) is 17.1 Å². The fraction of sp³-hybridized carbons (Fsp3) is 0.222. The van der Waals surface area contributed by atoms with E-state index in [4.69, 9.17) is 0 Å². The van der Waals surface area contributed by atoms with Crippen molar-refractivity contribution in [1.29, 1.82) is 0 Å². The standard InChI is InChI=1S/C36H31N/c1-2-12-28(13-3-1)37(34-18-8-11-25-10-4-5-15-30(25)34)35-19-9-17-32-33-22-24-20-26(23-27(33)21-24)29-14-6-7-16-31(29)36(32)35/h1-19,24,26-27,33H,20-23H2. The summed E-state index contributed by atoms with van der Waals surface area (Å²) >= 11 is 0. The van der Waals surface area contributed by atoms with E-state index in [2.05, 4.69) is 120 Å². The second kappa shape index (κ2) is 8.35. The summed E-state index contributed by atoms with van der Waals surface area (Å²) in [5, 5.41) is 2.56. The first-order chi connectivity index (χ1) is 18.3. The lowest BCUT2D eigenvalue weighted by Crippen LogP contribution is -2.20. The van der Waals surface area contributed by atoms with Gasteiger partial charge in [-0.1, -0.05) is 91.0 Å². The molecule has 2 saturated carbocycles. The maximum absolute atomic E-state index is 2.52. The van der Waals surface area contributed by atoms with Gasteiger partial charge in [-0.2, -0.15) is 0 Å². The van der Waals surface area contributed by atoms with E-state index in [0.717, 1.165) is 11.8 Å². The van der Waals surface area contributed by atoms with E-state index >= 15 is 0 Å². The maximum Gasteiger partial charge on any atom is 0.0543 e. The van der Waals surface area contributed by atoms with E-state index < -0.39 is 0 Å². The van der Waals surface area contributed by atoms with Gasteiger partial charge >= 0.3 is 0 Å². The van der Waals surface area contributed by atoms with E-state index in [1.807, 2.05) is 0 Å². The van der Waals surface area contributed by atoms with Crippen LogP contribution in [0.25, 0.3) is 21.9 Å². The number of hydrogen-bond donors (Lipinski definition) is 0. The SMILES string of the molecule is c1ccc(N(c2cccc3c2-c2ccccc2C2CC4CC(C2)C3C4)c2cccc3ccccc23)cc1. The average Bonchev–Trinajstić information content (AvgIpc) is 3.27. The van der Waals surface area contributed by atoms with Gasteiger partial charge in [-0.3, -0.25) is 0 Å².